The van der Waals surface area contributed by atoms with Gasteiger partial charge >= 0.3 is 5.69 Å². The van der Waals surface area contributed by atoms with Crippen molar-refractivity contribution in [2.45, 2.75) is 19.5 Å². The number of methoxy groups -OCH3 is 1. The van der Waals surface area contributed by atoms with Gasteiger partial charge in [-0.1, -0.05) is 23.7 Å². The first-order chi connectivity index (χ1) is 16.8. The Labute approximate surface area is 203 Å². The molecule has 3 aromatic carbocycles. The molecule has 35 heavy (non-hydrogen) atoms. The molecule has 0 aliphatic carbocycles. The van der Waals surface area contributed by atoms with Gasteiger partial charge in [0.15, 0.2) is 5.82 Å². The number of benzene rings is 3. The maximum Gasteiger partial charge on any atom is 0.348 e. The highest BCUT2D eigenvalue weighted by Gasteiger charge is 2.16. The van der Waals surface area contributed by atoms with Crippen LogP contribution in [0.4, 0.5) is 18.9 Å². The van der Waals surface area contributed by atoms with E-state index in [4.69, 9.17) is 22.1 Å². The monoisotopic (exact) mass is 503 g/mol. The normalized spacial score (nSPS) is 11.2. The molecule has 1 heterocycles. The molecule has 4 rings (SSSR count). The maximum atomic E-state index is 13.5. The van der Waals surface area contributed by atoms with Gasteiger partial charge in [-0.3, -0.25) is 4.98 Å². The second-order valence-electron chi connectivity index (χ2n) is 7.60. The first kappa shape index (κ1) is 24.4. The van der Waals surface area contributed by atoms with Crippen molar-refractivity contribution >= 4 is 17.3 Å². The fraction of sp³-hybridized carbons (Fsp3) is 0.167. The van der Waals surface area contributed by atoms with E-state index in [1.807, 2.05) is 0 Å². The van der Waals surface area contributed by atoms with Gasteiger partial charge in [-0.05, 0) is 42.0 Å². The zero-order valence-electron chi connectivity index (χ0n) is 18.5. The SMILES string of the molecule is COc1cc(-n2nc(-c3cc(CN)ccc3Cl)[nH]c2=O)ccc1CNc1ccc(F)c(C(F)F)c1. The van der Waals surface area contributed by atoms with E-state index in [1.54, 1.807) is 36.4 Å². The fourth-order valence-corrected chi connectivity index (χ4v) is 3.74. The highest BCUT2D eigenvalue weighted by atomic mass is 35.5. The van der Waals surface area contributed by atoms with Crippen LogP contribution in [0.15, 0.2) is 59.4 Å². The second kappa shape index (κ2) is 10.2. The summed E-state index contributed by atoms with van der Waals surface area (Å²) in [6.07, 6.45) is -2.92. The molecule has 4 aromatic rings. The van der Waals surface area contributed by atoms with E-state index in [9.17, 15) is 18.0 Å². The molecule has 7 nitrogen and oxygen atoms in total. The van der Waals surface area contributed by atoms with E-state index in [1.165, 1.54) is 17.9 Å². The Bertz CT molecular complexity index is 1420. The van der Waals surface area contributed by atoms with Gasteiger partial charge in [0.1, 0.15) is 11.6 Å². The van der Waals surface area contributed by atoms with Crippen molar-refractivity contribution in [3.8, 4) is 22.8 Å². The smallest absolute Gasteiger partial charge is 0.348 e. The number of ether oxygens (including phenoxy) is 1. The largest absolute Gasteiger partial charge is 0.496 e. The molecule has 0 radical (unpaired) electrons. The molecule has 0 atom stereocenters. The predicted octanol–water partition coefficient (Wildman–Crippen LogP) is 5.04. The molecular weight excluding hydrogens is 483 g/mol. The Hall–Kier alpha value is -3.76. The lowest BCUT2D eigenvalue weighted by Crippen LogP contribution is -2.16. The van der Waals surface area contributed by atoms with Gasteiger partial charge in [0.2, 0.25) is 0 Å². The molecule has 0 spiro atoms. The van der Waals surface area contributed by atoms with Gasteiger partial charge in [-0.15, -0.1) is 5.10 Å². The first-order valence-electron chi connectivity index (χ1n) is 10.5. The molecule has 0 aliphatic rings. The quantitative estimate of drug-likeness (QED) is 0.313. The van der Waals surface area contributed by atoms with Gasteiger partial charge in [-0.2, -0.15) is 4.68 Å². The number of nitrogens with one attached hydrogen (secondary N) is 2. The lowest BCUT2D eigenvalue weighted by molar-refractivity contribution is 0.146. The van der Waals surface area contributed by atoms with Crippen LogP contribution in [0.1, 0.15) is 23.1 Å². The predicted molar refractivity (Wildman–Crippen MR) is 128 cm³/mol. The molecular formula is C24H21ClF3N5O2. The van der Waals surface area contributed by atoms with Crippen LogP contribution in [-0.4, -0.2) is 21.9 Å². The average molecular weight is 504 g/mol. The first-order valence-corrected chi connectivity index (χ1v) is 10.9. The minimum atomic E-state index is -2.92. The summed E-state index contributed by atoms with van der Waals surface area (Å²) < 4.78 is 46.1. The van der Waals surface area contributed by atoms with Crippen molar-refractivity contribution < 1.29 is 17.9 Å². The summed E-state index contributed by atoms with van der Waals surface area (Å²) in [6.45, 7) is 0.517. The Morgan fingerprint density at radius 3 is 2.69 bits per heavy atom. The van der Waals surface area contributed by atoms with Crippen molar-refractivity contribution in [1.29, 1.82) is 0 Å². The Morgan fingerprint density at radius 2 is 1.97 bits per heavy atom. The third-order valence-electron chi connectivity index (χ3n) is 5.37. The Balaban J connectivity index is 1.60. The summed E-state index contributed by atoms with van der Waals surface area (Å²) in [7, 11) is 1.46. The summed E-state index contributed by atoms with van der Waals surface area (Å²) in [4.78, 5) is 15.3. The van der Waals surface area contributed by atoms with Gasteiger partial charge in [0.25, 0.3) is 6.43 Å². The third kappa shape index (κ3) is 5.18. The molecule has 0 amide bonds. The van der Waals surface area contributed by atoms with E-state index in [-0.39, 0.29) is 12.4 Å². The fourth-order valence-electron chi connectivity index (χ4n) is 3.53. The van der Waals surface area contributed by atoms with Crippen LogP contribution in [-0.2, 0) is 13.1 Å². The number of hydrogen-bond donors (Lipinski definition) is 3. The van der Waals surface area contributed by atoms with Crippen molar-refractivity contribution in [2.75, 3.05) is 12.4 Å². The highest BCUT2D eigenvalue weighted by molar-refractivity contribution is 6.33. The molecule has 182 valence electrons. The van der Waals surface area contributed by atoms with Crippen LogP contribution in [0, 0.1) is 5.82 Å². The number of aromatic nitrogens is 3. The maximum absolute atomic E-state index is 13.5. The standard InChI is InChI=1S/C24H21ClF3N5O2/c1-35-21-10-16(5-3-14(21)12-30-15-4-7-20(26)18(9-15)22(27)28)33-24(34)31-23(32-33)17-8-13(11-29)2-6-19(17)25/h2-10,22,30H,11-12,29H2,1H3,(H,31,32,34). The molecule has 0 fully saturated rings. The second-order valence-corrected chi connectivity index (χ2v) is 8.00. The number of halogens is 4. The number of nitrogens with two attached hydrogens (primary N) is 1. The summed E-state index contributed by atoms with van der Waals surface area (Å²) in [6, 6.07) is 13.7. The Kier molecular flexibility index (Phi) is 7.13. The zero-order chi connectivity index (χ0) is 25.1. The Morgan fingerprint density at radius 1 is 1.17 bits per heavy atom. The van der Waals surface area contributed by atoms with Gasteiger partial charge in [-0.25, -0.2) is 18.0 Å². The van der Waals surface area contributed by atoms with Crippen molar-refractivity contribution in [1.82, 2.24) is 14.8 Å². The van der Waals surface area contributed by atoms with Crippen LogP contribution in [0.25, 0.3) is 17.1 Å². The third-order valence-corrected chi connectivity index (χ3v) is 5.70. The lowest BCUT2D eigenvalue weighted by atomic mass is 10.1. The summed E-state index contributed by atoms with van der Waals surface area (Å²) >= 11 is 6.28. The number of rotatable bonds is 8. The van der Waals surface area contributed by atoms with Crippen LogP contribution in [0.5, 0.6) is 5.75 Å². The van der Waals surface area contributed by atoms with E-state index in [2.05, 4.69) is 15.4 Å². The molecule has 0 bridgehead atoms. The van der Waals surface area contributed by atoms with Gasteiger partial charge < -0.3 is 15.8 Å². The summed E-state index contributed by atoms with van der Waals surface area (Å²) in [5.74, 6) is -0.246. The molecule has 1 aromatic heterocycles. The van der Waals surface area contributed by atoms with Gasteiger partial charge in [0, 0.05) is 36.0 Å². The van der Waals surface area contributed by atoms with Crippen LogP contribution in [0.3, 0.4) is 0 Å². The highest BCUT2D eigenvalue weighted by Crippen LogP contribution is 2.28. The van der Waals surface area contributed by atoms with E-state index in [0.29, 0.717) is 39.8 Å². The molecule has 4 N–H and O–H groups in total. The van der Waals surface area contributed by atoms with Crippen LogP contribution >= 0.6 is 11.6 Å². The van der Waals surface area contributed by atoms with Gasteiger partial charge in [0.05, 0.1) is 23.4 Å². The number of hydrogen-bond acceptors (Lipinski definition) is 5. The molecule has 0 saturated heterocycles. The van der Waals surface area contributed by atoms with E-state index >= 15 is 0 Å². The molecule has 0 unspecified atom stereocenters. The van der Waals surface area contributed by atoms with Crippen LogP contribution in [0.2, 0.25) is 5.02 Å². The molecule has 0 saturated carbocycles. The van der Waals surface area contributed by atoms with Crippen molar-refractivity contribution in [3.05, 3.63) is 92.6 Å². The molecule has 0 aliphatic heterocycles. The molecule has 11 heteroatoms. The minimum absolute atomic E-state index is 0.208. The lowest BCUT2D eigenvalue weighted by Gasteiger charge is -2.13. The van der Waals surface area contributed by atoms with E-state index in [0.717, 1.165) is 17.7 Å². The number of alkyl halides is 2. The van der Waals surface area contributed by atoms with Crippen molar-refractivity contribution in [3.63, 3.8) is 0 Å². The summed E-state index contributed by atoms with van der Waals surface area (Å²) in [5, 5.41) is 7.76. The number of aromatic amines is 1. The topological polar surface area (TPSA) is 98.0 Å². The minimum Gasteiger partial charge on any atom is -0.496 e. The number of H-pyrrole nitrogens is 1. The zero-order valence-corrected chi connectivity index (χ0v) is 19.2. The number of anilines is 1. The number of nitrogens with zero attached hydrogens (tertiary/aromatic N) is 2. The van der Waals surface area contributed by atoms with Crippen molar-refractivity contribution in [2.24, 2.45) is 5.73 Å². The van der Waals surface area contributed by atoms with E-state index < -0.39 is 23.5 Å². The van der Waals surface area contributed by atoms with Crippen LogP contribution < -0.4 is 21.5 Å². The summed E-state index contributed by atoms with van der Waals surface area (Å²) in [5.41, 5.74) is 7.37. The average Bonchev–Trinajstić information content (AvgIpc) is 3.24.